The molecule has 36 heavy (non-hydrogen) atoms. The Hall–Kier alpha value is -3.32. The first-order valence-electron chi connectivity index (χ1n) is 12.1. The van der Waals surface area contributed by atoms with E-state index in [1.165, 1.54) is 0 Å². The number of carbonyl (C=O) groups excluding carboxylic acids is 2. The molecule has 0 aliphatic heterocycles. The first kappa shape index (κ1) is 27.3. The number of aromatic nitrogens is 2. The Morgan fingerprint density at radius 2 is 1.72 bits per heavy atom. The lowest BCUT2D eigenvalue weighted by molar-refractivity contribution is -0.117. The molecular weight excluding hydrogens is 476 g/mol. The minimum atomic E-state index is -0.295. The van der Waals surface area contributed by atoms with Crippen molar-refractivity contribution >= 4 is 29.2 Å². The number of nitrogens with one attached hydrogen (secondary N) is 1. The second-order valence-electron chi connectivity index (χ2n) is 10.2. The first-order valence-corrected chi connectivity index (χ1v) is 12.5. The van der Waals surface area contributed by atoms with E-state index in [1.54, 1.807) is 41.0 Å². The van der Waals surface area contributed by atoms with E-state index in [4.69, 9.17) is 21.4 Å². The Morgan fingerprint density at radius 3 is 2.28 bits per heavy atom. The average Bonchev–Trinajstić information content (AvgIpc) is 3.26. The minimum Gasteiger partial charge on any atom is -0.497 e. The number of benzene rings is 2. The average molecular weight is 511 g/mol. The highest BCUT2D eigenvalue weighted by molar-refractivity contribution is 6.30. The highest BCUT2D eigenvalue weighted by atomic mass is 35.5. The van der Waals surface area contributed by atoms with Crippen molar-refractivity contribution in [1.82, 2.24) is 14.7 Å². The van der Waals surface area contributed by atoms with Crippen LogP contribution in [0, 0.1) is 5.92 Å². The van der Waals surface area contributed by atoms with Crippen molar-refractivity contribution in [3.8, 4) is 11.4 Å². The number of halogens is 1. The molecule has 3 aromatic rings. The lowest BCUT2D eigenvalue weighted by Crippen LogP contribution is -2.39. The molecule has 0 fully saturated rings. The lowest BCUT2D eigenvalue weighted by atomic mass is 9.92. The minimum absolute atomic E-state index is 0.0766. The van der Waals surface area contributed by atoms with Gasteiger partial charge in [0.05, 0.1) is 18.5 Å². The van der Waals surface area contributed by atoms with Crippen molar-refractivity contribution in [1.29, 1.82) is 0 Å². The summed E-state index contributed by atoms with van der Waals surface area (Å²) in [5.41, 5.74) is 1.90. The number of methoxy groups -OCH3 is 1. The van der Waals surface area contributed by atoms with E-state index >= 15 is 0 Å². The van der Waals surface area contributed by atoms with E-state index in [2.05, 4.69) is 39.9 Å². The zero-order valence-corrected chi connectivity index (χ0v) is 22.6. The van der Waals surface area contributed by atoms with Crippen LogP contribution in [0.1, 0.15) is 57.1 Å². The van der Waals surface area contributed by atoms with Crippen LogP contribution in [0.4, 0.5) is 5.82 Å². The largest absolute Gasteiger partial charge is 0.497 e. The molecule has 0 saturated heterocycles. The van der Waals surface area contributed by atoms with Crippen LogP contribution in [0.5, 0.6) is 5.75 Å². The molecule has 7 nitrogen and oxygen atoms in total. The van der Waals surface area contributed by atoms with Crippen LogP contribution in [-0.4, -0.2) is 46.7 Å². The Kier molecular flexibility index (Phi) is 8.79. The topological polar surface area (TPSA) is 76.5 Å². The molecule has 1 heterocycles. The van der Waals surface area contributed by atoms with Crippen LogP contribution in [-0.2, 0) is 10.2 Å². The third kappa shape index (κ3) is 7.10. The second-order valence-corrected chi connectivity index (χ2v) is 10.7. The van der Waals surface area contributed by atoms with Crippen molar-refractivity contribution in [3.05, 3.63) is 70.9 Å². The Balaban J connectivity index is 1.86. The summed E-state index contributed by atoms with van der Waals surface area (Å²) < 4.78 is 6.97. The van der Waals surface area contributed by atoms with Crippen LogP contribution in [0.2, 0.25) is 5.02 Å². The summed E-state index contributed by atoms with van der Waals surface area (Å²) in [6.07, 6.45) is 0.782. The molecule has 0 atom stereocenters. The van der Waals surface area contributed by atoms with Crippen LogP contribution in [0.25, 0.3) is 5.69 Å². The standard InChI is InChI=1S/C28H35ClN4O3/c1-19(2)15-16-32(27(35)20-7-9-21(29)10-8-20)18-26(34)30-25-17-24(28(3,4)5)31-33(25)22-11-13-23(36-6)14-12-22/h7-14,17,19H,15-16,18H2,1-6H3,(H,30,34). The van der Waals surface area contributed by atoms with Gasteiger partial charge in [-0.25, -0.2) is 4.68 Å². The summed E-state index contributed by atoms with van der Waals surface area (Å²) in [5.74, 6) is 1.16. The van der Waals surface area contributed by atoms with E-state index < -0.39 is 0 Å². The van der Waals surface area contributed by atoms with E-state index in [0.717, 1.165) is 23.6 Å². The predicted molar refractivity (Wildman–Crippen MR) is 144 cm³/mol. The summed E-state index contributed by atoms with van der Waals surface area (Å²) >= 11 is 5.99. The van der Waals surface area contributed by atoms with Crippen LogP contribution in [0.15, 0.2) is 54.6 Å². The number of anilines is 1. The zero-order chi connectivity index (χ0) is 26.5. The maximum absolute atomic E-state index is 13.2. The fourth-order valence-corrected chi connectivity index (χ4v) is 3.68. The lowest BCUT2D eigenvalue weighted by Gasteiger charge is -2.23. The molecule has 0 spiro atoms. The van der Waals surface area contributed by atoms with Gasteiger partial charge < -0.3 is 15.0 Å². The molecule has 2 aromatic carbocycles. The summed E-state index contributed by atoms with van der Waals surface area (Å²) in [5, 5.41) is 8.29. The summed E-state index contributed by atoms with van der Waals surface area (Å²) in [6.45, 7) is 10.8. The SMILES string of the molecule is COc1ccc(-n2nc(C(C)(C)C)cc2NC(=O)CN(CCC(C)C)C(=O)c2ccc(Cl)cc2)cc1. The Labute approximate surface area is 218 Å². The highest BCUT2D eigenvalue weighted by Crippen LogP contribution is 2.27. The number of nitrogens with zero attached hydrogens (tertiary/aromatic N) is 3. The van der Waals surface area contributed by atoms with Gasteiger partial charge in [-0.15, -0.1) is 0 Å². The van der Waals surface area contributed by atoms with E-state index in [-0.39, 0.29) is 23.8 Å². The second kappa shape index (κ2) is 11.6. The summed E-state index contributed by atoms with van der Waals surface area (Å²) in [7, 11) is 1.61. The molecule has 0 aliphatic carbocycles. The number of rotatable bonds is 9. The molecule has 8 heteroatoms. The monoisotopic (exact) mass is 510 g/mol. The van der Waals surface area contributed by atoms with Gasteiger partial charge in [0.15, 0.2) is 0 Å². The van der Waals surface area contributed by atoms with Crippen LogP contribution in [0.3, 0.4) is 0 Å². The molecule has 1 aromatic heterocycles. The van der Waals surface area contributed by atoms with Gasteiger partial charge in [0.2, 0.25) is 5.91 Å². The van der Waals surface area contributed by atoms with Gasteiger partial charge in [0.25, 0.3) is 5.91 Å². The van der Waals surface area contributed by atoms with E-state index in [1.807, 2.05) is 30.3 Å². The number of hydrogen-bond donors (Lipinski definition) is 1. The number of ether oxygens (including phenoxy) is 1. The molecular formula is C28H35ClN4O3. The van der Waals surface area contributed by atoms with E-state index in [0.29, 0.717) is 28.9 Å². The fraction of sp³-hybridized carbons (Fsp3) is 0.393. The van der Waals surface area contributed by atoms with Gasteiger partial charge in [-0.1, -0.05) is 46.2 Å². The third-order valence-electron chi connectivity index (χ3n) is 5.75. The van der Waals surface area contributed by atoms with Gasteiger partial charge in [0, 0.05) is 28.6 Å². The fourth-order valence-electron chi connectivity index (χ4n) is 3.55. The molecule has 0 unspecified atom stereocenters. The van der Waals surface area contributed by atoms with Crippen LogP contribution >= 0.6 is 11.6 Å². The molecule has 0 radical (unpaired) electrons. The van der Waals surface area contributed by atoms with Crippen molar-refractivity contribution < 1.29 is 14.3 Å². The first-order chi connectivity index (χ1) is 17.0. The quantitative estimate of drug-likeness (QED) is 0.385. The van der Waals surface area contributed by atoms with E-state index in [9.17, 15) is 9.59 Å². The van der Waals surface area contributed by atoms with Gasteiger partial charge in [-0.05, 0) is 60.9 Å². The zero-order valence-electron chi connectivity index (χ0n) is 21.8. The number of carbonyl (C=O) groups is 2. The highest BCUT2D eigenvalue weighted by Gasteiger charge is 2.24. The van der Waals surface area contributed by atoms with Gasteiger partial charge in [0.1, 0.15) is 18.1 Å². The third-order valence-corrected chi connectivity index (χ3v) is 6.00. The van der Waals surface area contributed by atoms with Crippen molar-refractivity contribution in [2.24, 2.45) is 5.92 Å². The predicted octanol–water partition coefficient (Wildman–Crippen LogP) is 5.96. The maximum atomic E-state index is 13.2. The molecule has 0 saturated carbocycles. The van der Waals surface area contributed by atoms with Crippen LogP contribution < -0.4 is 10.1 Å². The molecule has 3 rings (SSSR count). The Morgan fingerprint density at radius 1 is 1.08 bits per heavy atom. The summed E-state index contributed by atoms with van der Waals surface area (Å²) in [6, 6.07) is 16.0. The molecule has 1 N–H and O–H groups in total. The smallest absolute Gasteiger partial charge is 0.254 e. The number of hydrogen-bond acceptors (Lipinski definition) is 4. The van der Waals surface area contributed by atoms with Crippen molar-refractivity contribution in [2.75, 3.05) is 25.5 Å². The Bertz CT molecular complexity index is 1180. The molecule has 0 bridgehead atoms. The van der Waals surface area contributed by atoms with Gasteiger partial charge in [-0.3, -0.25) is 9.59 Å². The molecule has 2 amide bonds. The summed E-state index contributed by atoms with van der Waals surface area (Å²) in [4.78, 5) is 28.0. The van der Waals surface area contributed by atoms with Gasteiger partial charge >= 0.3 is 0 Å². The van der Waals surface area contributed by atoms with Gasteiger partial charge in [-0.2, -0.15) is 5.10 Å². The van der Waals surface area contributed by atoms with Crippen molar-refractivity contribution in [3.63, 3.8) is 0 Å². The van der Waals surface area contributed by atoms with Crippen molar-refractivity contribution in [2.45, 2.75) is 46.5 Å². The maximum Gasteiger partial charge on any atom is 0.254 e. The number of amides is 2. The molecule has 192 valence electrons. The normalized spacial score (nSPS) is 11.4. The molecule has 0 aliphatic rings.